The molecule has 0 aliphatic carbocycles. The van der Waals surface area contributed by atoms with Crippen LogP contribution in [-0.2, 0) is 0 Å². The van der Waals surface area contributed by atoms with Gasteiger partial charge in [0.15, 0.2) is 11.5 Å². The molecule has 0 bridgehead atoms. The summed E-state index contributed by atoms with van der Waals surface area (Å²) in [7, 11) is 0. The molecule has 10 heteroatoms. The van der Waals surface area contributed by atoms with Crippen molar-refractivity contribution < 1.29 is 49.8 Å². The van der Waals surface area contributed by atoms with Gasteiger partial charge in [0.25, 0.3) is 0 Å². The minimum Gasteiger partial charge on any atom is -0.504 e. The van der Waals surface area contributed by atoms with E-state index in [4.69, 9.17) is 0 Å². The molecule has 0 saturated carbocycles. The van der Waals surface area contributed by atoms with E-state index in [-0.39, 0.29) is 0 Å². The van der Waals surface area contributed by atoms with Crippen molar-refractivity contribution in [2.24, 2.45) is 0 Å². The molecule has 0 amide bonds. The number of benzene rings is 2. The van der Waals surface area contributed by atoms with Gasteiger partial charge < -0.3 is 30.6 Å². The number of hydrogen-bond donors (Lipinski definition) is 6. The molecule has 0 fully saturated rings. The fourth-order valence-corrected chi connectivity index (χ4v) is 2.37. The van der Waals surface area contributed by atoms with Crippen LogP contribution < -0.4 is 0 Å². The Morgan fingerprint density at radius 1 is 0.583 bits per heavy atom. The maximum atomic E-state index is 11.4. The highest BCUT2D eigenvalue weighted by atomic mass is 16.4. The first-order chi connectivity index (χ1) is 11.1. The molecule has 0 atom stereocenters. The summed E-state index contributed by atoms with van der Waals surface area (Å²) in [5, 5.41) is 54.7. The monoisotopic (exact) mass is 336 g/mol. The maximum absolute atomic E-state index is 11.4. The van der Waals surface area contributed by atoms with Crippen LogP contribution in [0.4, 0.5) is 0 Å². The minimum absolute atomic E-state index is 0.745. The Morgan fingerprint density at radius 2 is 0.875 bits per heavy atom. The third kappa shape index (κ3) is 2.22. The third-order valence-electron chi connectivity index (χ3n) is 3.29. The fourth-order valence-electron chi connectivity index (χ4n) is 2.37. The number of aromatic hydroxyl groups is 2. The maximum Gasteiger partial charge on any atom is 0.340 e. The van der Waals surface area contributed by atoms with E-state index in [2.05, 4.69) is 0 Å². The summed E-state index contributed by atoms with van der Waals surface area (Å²) in [6, 6.07) is 1.53. The van der Waals surface area contributed by atoms with E-state index < -0.39 is 68.4 Å². The SMILES string of the molecule is O=C(O)c1ccc(C(=O)O)c2c(C(=O)O)c(O)c(O)c(C(=O)O)c12. The number of hydrogen-bond acceptors (Lipinski definition) is 6. The second-order valence-corrected chi connectivity index (χ2v) is 4.58. The Balaban J connectivity index is 3.35. The Hall–Kier alpha value is -3.82. The first kappa shape index (κ1) is 16.5. The minimum atomic E-state index is -1.88. The van der Waals surface area contributed by atoms with E-state index in [9.17, 15) is 49.8 Å². The average molecular weight is 336 g/mol. The van der Waals surface area contributed by atoms with Crippen LogP contribution in [0.3, 0.4) is 0 Å². The number of carbonyl (C=O) groups is 4. The Bertz CT molecular complexity index is 864. The molecular weight excluding hydrogens is 328 g/mol. The number of carboxylic acids is 4. The van der Waals surface area contributed by atoms with Gasteiger partial charge in [-0.2, -0.15) is 0 Å². The van der Waals surface area contributed by atoms with Crippen LogP contribution in [0.2, 0.25) is 0 Å². The third-order valence-corrected chi connectivity index (χ3v) is 3.29. The van der Waals surface area contributed by atoms with Crippen molar-refractivity contribution in [1.82, 2.24) is 0 Å². The van der Waals surface area contributed by atoms with Crippen molar-refractivity contribution in [3.8, 4) is 11.5 Å². The lowest BCUT2D eigenvalue weighted by molar-refractivity contribution is 0.0671. The van der Waals surface area contributed by atoms with E-state index in [1.54, 1.807) is 0 Å². The molecule has 6 N–H and O–H groups in total. The number of rotatable bonds is 4. The second-order valence-electron chi connectivity index (χ2n) is 4.58. The lowest BCUT2D eigenvalue weighted by atomic mass is 9.90. The van der Waals surface area contributed by atoms with Crippen LogP contribution in [0.5, 0.6) is 11.5 Å². The zero-order valence-corrected chi connectivity index (χ0v) is 11.5. The first-order valence-electron chi connectivity index (χ1n) is 6.07. The van der Waals surface area contributed by atoms with Crippen molar-refractivity contribution in [2.75, 3.05) is 0 Å². The molecule has 2 aromatic rings. The molecule has 0 spiro atoms. The summed E-state index contributed by atoms with van der Waals surface area (Å²) >= 11 is 0. The van der Waals surface area contributed by atoms with Crippen molar-refractivity contribution in [1.29, 1.82) is 0 Å². The molecule has 0 aliphatic rings. The molecular formula is C14H8O10. The summed E-state index contributed by atoms with van der Waals surface area (Å²) < 4.78 is 0. The van der Waals surface area contributed by atoms with E-state index in [1.165, 1.54) is 0 Å². The van der Waals surface area contributed by atoms with E-state index in [0.29, 0.717) is 0 Å². The lowest BCUT2D eigenvalue weighted by Gasteiger charge is -2.15. The normalized spacial score (nSPS) is 10.5. The second kappa shape index (κ2) is 5.43. The van der Waals surface area contributed by atoms with Gasteiger partial charge in [-0.25, -0.2) is 19.2 Å². The molecule has 124 valence electrons. The largest absolute Gasteiger partial charge is 0.504 e. The van der Waals surface area contributed by atoms with Crippen molar-refractivity contribution in [2.45, 2.75) is 0 Å². The van der Waals surface area contributed by atoms with E-state index in [0.717, 1.165) is 12.1 Å². The molecule has 0 radical (unpaired) electrons. The van der Waals surface area contributed by atoms with Crippen LogP contribution in [0, 0.1) is 0 Å². The van der Waals surface area contributed by atoms with Crippen LogP contribution in [-0.4, -0.2) is 54.5 Å². The van der Waals surface area contributed by atoms with Gasteiger partial charge in [-0.05, 0) is 12.1 Å². The molecule has 10 nitrogen and oxygen atoms in total. The Kier molecular flexibility index (Phi) is 3.74. The molecule has 2 aromatic carbocycles. The number of fused-ring (bicyclic) bond motifs is 1. The van der Waals surface area contributed by atoms with Crippen LogP contribution >= 0.6 is 0 Å². The van der Waals surface area contributed by atoms with E-state index >= 15 is 0 Å². The smallest absolute Gasteiger partial charge is 0.340 e. The predicted molar refractivity (Wildman–Crippen MR) is 75.1 cm³/mol. The van der Waals surface area contributed by atoms with Gasteiger partial charge >= 0.3 is 23.9 Å². The van der Waals surface area contributed by atoms with Gasteiger partial charge in [0.05, 0.1) is 11.1 Å². The highest BCUT2D eigenvalue weighted by Crippen LogP contribution is 2.43. The zero-order chi connectivity index (χ0) is 18.3. The predicted octanol–water partition coefficient (Wildman–Crippen LogP) is 1.04. The topological polar surface area (TPSA) is 190 Å². The molecule has 0 aromatic heterocycles. The molecule has 0 heterocycles. The van der Waals surface area contributed by atoms with Gasteiger partial charge in [-0.3, -0.25) is 0 Å². The van der Waals surface area contributed by atoms with Crippen LogP contribution in [0.15, 0.2) is 12.1 Å². The van der Waals surface area contributed by atoms with Gasteiger partial charge in [-0.15, -0.1) is 0 Å². The average Bonchev–Trinajstić information content (AvgIpc) is 2.46. The standard InChI is InChI=1S/C14H8O10/c15-9-7(13(21)22)5-3(11(17)18)1-2-4(12(19)20)6(5)8(10(9)16)14(23)24/h1-2,15-16H,(H,17,18)(H,19,20)(H,21,22)(H,23,24). The van der Waals surface area contributed by atoms with Gasteiger partial charge in [0, 0.05) is 10.8 Å². The molecule has 0 saturated heterocycles. The van der Waals surface area contributed by atoms with E-state index in [1.807, 2.05) is 0 Å². The number of carboxylic acid groups (broad SMARTS) is 4. The summed E-state index contributed by atoms with van der Waals surface area (Å²) in [6.07, 6.45) is 0. The van der Waals surface area contributed by atoms with Crippen molar-refractivity contribution in [3.63, 3.8) is 0 Å². The summed E-state index contributed by atoms with van der Waals surface area (Å²) in [6.45, 7) is 0. The summed E-state index contributed by atoms with van der Waals surface area (Å²) in [4.78, 5) is 45.4. The Labute approximate surface area is 131 Å². The zero-order valence-electron chi connectivity index (χ0n) is 11.5. The van der Waals surface area contributed by atoms with Crippen molar-refractivity contribution >= 4 is 34.6 Å². The molecule has 24 heavy (non-hydrogen) atoms. The first-order valence-corrected chi connectivity index (χ1v) is 6.07. The molecule has 2 rings (SSSR count). The lowest BCUT2D eigenvalue weighted by Crippen LogP contribution is -2.12. The van der Waals surface area contributed by atoms with Crippen molar-refractivity contribution in [3.05, 3.63) is 34.4 Å². The van der Waals surface area contributed by atoms with Crippen LogP contribution in [0.1, 0.15) is 41.4 Å². The fraction of sp³-hybridized carbons (Fsp3) is 0. The highest BCUT2D eigenvalue weighted by molar-refractivity contribution is 6.24. The molecule has 0 aliphatic heterocycles. The Morgan fingerprint density at radius 3 is 1.08 bits per heavy atom. The highest BCUT2D eigenvalue weighted by Gasteiger charge is 2.32. The van der Waals surface area contributed by atoms with Gasteiger partial charge in [-0.1, -0.05) is 0 Å². The number of aromatic carboxylic acids is 4. The van der Waals surface area contributed by atoms with Gasteiger partial charge in [0.2, 0.25) is 0 Å². The molecule has 0 unspecified atom stereocenters. The van der Waals surface area contributed by atoms with Gasteiger partial charge in [0.1, 0.15) is 11.1 Å². The quantitative estimate of drug-likeness (QED) is 0.440. The van der Waals surface area contributed by atoms with Crippen LogP contribution in [0.25, 0.3) is 10.8 Å². The summed E-state index contributed by atoms with van der Waals surface area (Å²) in [5.41, 5.74) is -3.73. The summed E-state index contributed by atoms with van der Waals surface area (Å²) in [5.74, 6) is -9.87. The number of phenols is 2.